The van der Waals surface area contributed by atoms with Crippen molar-refractivity contribution in [2.45, 2.75) is 6.92 Å². The zero-order chi connectivity index (χ0) is 15.6. The highest BCUT2D eigenvalue weighted by Gasteiger charge is 2.17. The molecule has 0 unspecified atom stereocenters. The Kier molecular flexibility index (Phi) is 4.44. The predicted molar refractivity (Wildman–Crippen MR) is 79.8 cm³/mol. The summed E-state index contributed by atoms with van der Waals surface area (Å²) in [7, 11) is 1.46. The molecule has 8 heteroatoms. The monoisotopic (exact) mass is 326 g/mol. The number of ether oxygens (including phenoxy) is 1. The second kappa shape index (κ2) is 6.11. The van der Waals surface area contributed by atoms with Crippen molar-refractivity contribution in [1.29, 1.82) is 0 Å². The fraction of sp³-hybridized carbons (Fsp3) is 0.154. The molecule has 2 aromatic rings. The van der Waals surface area contributed by atoms with Crippen LogP contribution in [0.4, 0.5) is 5.69 Å². The number of aryl methyl sites for hydroxylation is 1. The maximum Gasteiger partial charge on any atom is 0.355 e. The van der Waals surface area contributed by atoms with Gasteiger partial charge in [0.2, 0.25) is 0 Å². The number of rotatable bonds is 4. The zero-order valence-electron chi connectivity index (χ0n) is 11.1. The SMILES string of the molecule is COc1cc(Cl)c(C)cc1NC(=O)c1nc(C(=O)O)cs1. The smallest absolute Gasteiger partial charge is 0.355 e. The van der Waals surface area contributed by atoms with Crippen molar-refractivity contribution in [3.8, 4) is 5.75 Å². The van der Waals surface area contributed by atoms with Crippen molar-refractivity contribution in [1.82, 2.24) is 4.98 Å². The number of halogens is 1. The van der Waals surface area contributed by atoms with E-state index in [9.17, 15) is 9.59 Å². The van der Waals surface area contributed by atoms with Crippen LogP contribution < -0.4 is 10.1 Å². The first-order chi connectivity index (χ1) is 9.92. The van der Waals surface area contributed by atoms with E-state index in [1.165, 1.54) is 12.5 Å². The minimum atomic E-state index is -1.18. The molecule has 2 N–H and O–H groups in total. The normalized spacial score (nSPS) is 10.2. The number of carboxylic acid groups (broad SMARTS) is 1. The van der Waals surface area contributed by atoms with E-state index in [2.05, 4.69) is 10.3 Å². The highest BCUT2D eigenvalue weighted by molar-refractivity contribution is 7.12. The lowest BCUT2D eigenvalue weighted by Crippen LogP contribution is -2.13. The number of carboxylic acids is 1. The third kappa shape index (κ3) is 3.32. The number of hydrogen-bond donors (Lipinski definition) is 2. The highest BCUT2D eigenvalue weighted by Crippen LogP contribution is 2.31. The molecular formula is C13H11ClN2O4S. The number of anilines is 1. The number of amides is 1. The van der Waals surface area contributed by atoms with Gasteiger partial charge in [-0.15, -0.1) is 11.3 Å². The topological polar surface area (TPSA) is 88.5 Å². The number of carbonyl (C=O) groups is 2. The van der Waals surface area contributed by atoms with Gasteiger partial charge in [0.1, 0.15) is 5.75 Å². The fourth-order valence-electron chi connectivity index (χ4n) is 1.58. The Morgan fingerprint density at radius 2 is 2.14 bits per heavy atom. The summed E-state index contributed by atoms with van der Waals surface area (Å²) >= 11 is 6.94. The summed E-state index contributed by atoms with van der Waals surface area (Å²) in [5.41, 5.74) is 1.05. The van der Waals surface area contributed by atoms with E-state index < -0.39 is 11.9 Å². The van der Waals surface area contributed by atoms with Crippen molar-refractivity contribution in [2.75, 3.05) is 12.4 Å². The van der Waals surface area contributed by atoms with Crippen LogP contribution in [0.3, 0.4) is 0 Å². The third-order valence-electron chi connectivity index (χ3n) is 2.65. The quantitative estimate of drug-likeness (QED) is 0.901. The van der Waals surface area contributed by atoms with Gasteiger partial charge in [0, 0.05) is 16.5 Å². The van der Waals surface area contributed by atoms with Crippen LogP contribution in [0.5, 0.6) is 5.75 Å². The van der Waals surface area contributed by atoms with Crippen LogP contribution in [-0.2, 0) is 0 Å². The summed E-state index contributed by atoms with van der Waals surface area (Å²) in [6.45, 7) is 1.79. The lowest BCUT2D eigenvalue weighted by atomic mass is 10.2. The Labute approximate surface area is 129 Å². The molecule has 110 valence electrons. The number of benzene rings is 1. The summed E-state index contributed by atoms with van der Waals surface area (Å²) in [5.74, 6) is -1.27. The summed E-state index contributed by atoms with van der Waals surface area (Å²) in [4.78, 5) is 26.6. The molecule has 0 atom stereocenters. The first kappa shape index (κ1) is 15.3. The van der Waals surface area contributed by atoms with Gasteiger partial charge in [-0.1, -0.05) is 11.6 Å². The van der Waals surface area contributed by atoms with E-state index in [0.29, 0.717) is 16.5 Å². The summed E-state index contributed by atoms with van der Waals surface area (Å²) < 4.78 is 5.15. The van der Waals surface area contributed by atoms with E-state index in [0.717, 1.165) is 16.9 Å². The molecule has 6 nitrogen and oxygen atoms in total. The fourth-order valence-corrected chi connectivity index (χ4v) is 2.42. The summed E-state index contributed by atoms with van der Waals surface area (Å²) in [5, 5.41) is 13.3. The molecule has 0 bridgehead atoms. The molecule has 21 heavy (non-hydrogen) atoms. The van der Waals surface area contributed by atoms with Gasteiger partial charge < -0.3 is 15.2 Å². The van der Waals surface area contributed by atoms with Crippen LogP contribution in [0.25, 0.3) is 0 Å². The number of carbonyl (C=O) groups excluding carboxylic acids is 1. The van der Waals surface area contributed by atoms with Crippen molar-refractivity contribution >= 4 is 40.5 Å². The van der Waals surface area contributed by atoms with Gasteiger partial charge in [-0.25, -0.2) is 9.78 Å². The second-order valence-corrected chi connectivity index (χ2v) is 5.36. The van der Waals surface area contributed by atoms with Gasteiger partial charge in [-0.05, 0) is 18.6 Å². The van der Waals surface area contributed by atoms with Crippen molar-refractivity contribution in [2.24, 2.45) is 0 Å². The van der Waals surface area contributed by atoms with Crippen molar-refractivity contribution < 1.29 is 19.4 Å². The van der Waals surface area contributed by atoms with Crippen LogP contribution >= 0.6 is 22.9 Å². The number of methoxy groups -OCH3 is 1. The lowest BCUT2D eigenvalue weighted by Gasteiger charge is -2.11. The molecule has 1 heterocycles. The van der Waals surface area contributed by atoms with Gasteiger partial charge >= 0.3 is 5.97 Å². The van der Waals surface area contributed by atoms with E-state index in [-0.39, 0.29) is 10.7 Å². The van der Waals surface area contributed by atoms with E-state index in [4.69, 9.17) is 21.4 Å². The maximum atomic E-state index is 12.1. The van der Waals surface area contributed by atoms with Gasteiger partial charge in [0.25, 0.3) is 5.91 Å². The van der Waals surface area contributed by atoms with Gasteiger partial charge in [-0.2, -0.15) is 0 Å². The van der Waals surface area contributed by atoms with E-state index in [1.54, 1.807) is 19.1 Å². The van der Waals surface area contributed by atoms with Crippen molar-refractivity contribution in [3.05, 3.63) is 38.8 Å². The number of hydrogen-bond acceptors (Lipinski definition) is 5. The minimum absolute atomic E-state index is 0.0575. The molecule has 0 saturated carbocycles. The number of thiazole rings is 1. The zero-order valence-corrected chi connectivity index (χ0v) is 12.7. The average molecular weight is 327 g/mol. The standard InChI is InChI=1S/C13H11ClN2O4S/c1-6-3-8(10(20-2)4-7(6)14)15-11(17)12-16-9(5-21-12)13(18)19/h3-5H,1-2H3,(H,15,17)(H,18,19). The molecule has 0 aliphatic carbocycles. The Bertz CT molecular complexity index is 714. The molecule has 1 aromatic carbocycles. The molecule has 0 aliphatic rings. The summed E-state index contributed by atoms with van der Waals surface area (Å²) in [6, 6.07) is 3.27. The molecule has 1 amide bonds. The predicted octanol–water partition coefficient (Wildman–Crippen LogP) is 3.06. The lowest BCUT2D eigenvalue weighted by molar-refractivity contribution is 0.0691. The Morgan fingerprint density at radius 1 is 1.43 bits per heavy atom. The molecular weight excluding hydrogens is 316 g/mol. The van der Waals surface area contributed by atoms with Gasteiger partial charge in [-0.3, -0.25) is 4.79 Å². The van der Waals surface area contributed by atoms with Crippen LogP contribution in [0, 0.1) is 6.92 Å². The van der Waals surface area contributed by atoms with Gasteiger partial charge in [0.15, 0.2) is 10.7 Å². The van der Waals surface area contributed by atoms with Crippen LogP contribution in [0.2, 0.25) is 5.02 Å². The summed E-state index contributed by atoms with van der Waals surface area (Å²) in [6.07, 6.45) is 0. The van der Waals surface area contributed by atoms with Crippen LogP contribution in [0.15, 0.2) is 17.5 Å². The van der Waals surface area contributed by atoms with E-state index >= 15 is 0 Å². The second-order valence-electron chi connectivity index (χ2n) is 4.10. The van der Waals surface area contributed by atoms with Gasteiger partial charge in [0.05, 0.1) is 12.8 Å². The Hall–Kier alpha value is -2.12. The van der Waals surface area contributed by atoms with Crippen molar-refractivity contribution in [3.63, 3.8) is 0 Å². The molecule has 2 rings (SSSR count). The first-order valence-corrected chi connectivity index (χ1v) is 7.02. The first-order valence-electron chi connectivity index (χ1n) is 5.76. The highest BCUT2D eigenvalue weighted by atomic mass is 35.5. The third-order valence-corrected chi connectivity index (χ3v) is 3.89. The largest absolute Gasteiger partial charge is 0.495 e. The average Bonchev–Trinajstić information content (AvgIpc) is 2.92. The number of nitrogens with zero attached hydrogens (tertiary/aromatic N) is 1. The maximum absolute atomic E-state index is 12.1. The molecule has 1 aromatic heterocycles. The molecule has 0 spiro atoms. The number of nitrogens with one attached hydrogen (secondary N) is 1. The molecule has 0 saturated heterocycles. The van der Waals surface area contributed by atoms with Crippen LogP contribution in [-0.4, -0.2) is 29.1 Å². The molecule has 0 radical (unpaired) electrons. The van der Waals surface area contributed by atoms with E-state index in [1.807, 2.05) is 0 Å². The number of aromatic nitrogens is 1. The number of aromatic carboxylic acids is 1. The Morgan fingerprint density at radius 3 is 2.71 bits per heavy atom. The molecule has 0 aliphatic heterocycles. The Balaban J connectivity index is 2.26. The molecule has 0 fully saturated rings. The van der Waals surface area contributed by atoms with Crippen LogP contribution in [0.1, 0.15) is 25.9 Å². The minimum Gasteiger partial charge on any atom is -0.495 e.